The van der Waals surface area contributed by atoms with Crippen LogP contribution in [0.25, 0.3) is 11.0 Å². The van der Waals surface area contributed by atoms with Gasteiger partial charge in [0.1, 0.15) is 23.3 Å². The molecule has 2 amide bonds. The number of amides is 2. The first kappa shape index (κ1) is 34.1. The van der Waals surface area contributed by atoms with E-state index in [2.05, 4.69) is 30.1 Å². The van der Waals surface area contributed by atoms with Gasteiger partial charge in [0.25, 0.3) is 5.91 Å². The van der Waals surface area contributed by atoms with Gasteiger partial charge in [0.05, 0.1) is 17.6 Å². The molecule has 1 saturated carbocycles. The highest BCUT2D eigenvalue weighted by atomic mass is 16.6. The fraction of sp³-hybridized carbons (Fsp3) is 0.472. The van der Waals surface area contributed by atoms with E-state index in [1.165, 1.54) is 12.8 Å². The summed E-state index contributed by atoms with van der Waals surface area (Å²) in [5.41, 5.74) is 3.58. The second-order valence-corrected chi connectivity index (χ2v) is 14.0. The smallest absolute Gasteiger partial charge is 0.407 e. The van der Waals surface area contributed by atoms with Crippen molar-refractivity contribution in [3.05, 3.63) is 71.7 Å². The van der Waals surface area contributed by atoms with Crippen molar-refractivity contribution in [3.63, 3.8) is 0 Å². The number of piperazine rings is 1. The Morgan fingerprint density at radius 1 is 1.00 bits per heavy atom. The molecule has 1 unspecified atom stereocenters. The molecular weight excluding hydrogens is 622 g/mol. The molecule has 13 heteroatoms. The summed E-state index contributed by atoms with van der Waals surface area (Å²) in [4.78, 5) is 45.1. The minimum absolute atomic E-state index is 0.0108. The summed E-state index contributed by atoms with van der Waals surface area (Å²) in [7, 11) is 3.73. The number of carbonyl (C=O) groups excluding carboxylic acids is 2. The monoisotopic (exact) mass is 669 g/mol. The van der Waals surface area contributed by atoms with Gasteiger partial charge in [-0.05, 0) is 83.6 Å². The van der Waals surface area contributed by atoms with Crippen LogP contribution in [0, 0.1) is 0 Å². The summed E-state index contributed by atoms with van der Waals surface area (Å²) in [6, 6.07) is 13.5. The molecule has 1 aromatic carbocycles. The van der Waals surface area contributed by atoms with E-state index in [0.29, 0.717) is 56.1 Å². The highest BCUT2D eigenvalue weighted by Crippen LogP contribution is 2.36. The van der Waals surface area contributed by atoms with Crippen molar-refractivity contribution in [3.8, 4) is 0 Å². The third kappa shape index (κ3) is 8.11. The molecule has 49 heavy (non-hydrogen) atoms. The van der Waals surface area contributed by atoms with E-state index >= 15 is 0 Å². The number of fused-ring (bicyclic) bond motifs is 1. The molecule has 2 fully saturated rings. The predicted octanol–water partition coefficient (Wildman–Crippen LogP) is 5.22. The maximum Gasteiger partial charge on any atom is 0.407 e. The largest absolute Gasteiger partial charge is 0.444 e. The van der Waals surface area contributed by atoms with Crippen molar-refractivity contribution < 1.29 is 19.4 Å². The molecule has 1 saturated heterocycles. The number of aromatic nitrogens is 4. The molecule has 4 heterocycles. The molecule has 1 aliphatic carbocycles. The molecule has 0 spiro atoms. The second-order valence-electron chi connectivity index (χ2n) is 14.0. The lowest BCUT2D eigenvalue weighted by atomic mass is 10.1. The number of carbonyl (C=O) groups is 2. The summed E-state index contributed by atoms with van der Waals surface area (Å²) >= 11 is 0. The maximum absolute atomic E-state index is 13.2. The number of ether oxygens (including phenoxy) is 1. The van der Waals surface area contributed by atoms with E-state index in [1.54, 1.807) is 23.2 Å². The van der Waals surface area contributed by atoms with Crippen molar-refractivity contribution in [2.45, 2.75) is 70.9 Å². The first-order valence-electron chi connectivity index (χ1n) is 17.0. The van der Waals surface area contributed by atoms with Gasteiger partial charge in [-0.1, -0.05) is 25.0 Å². The standard InChI is InChI=1S/C36H47N9O4/c1-36(2,3)49-35(48)39-21-24-10-12-25(13-11-24)32(46)44-18-16-43(17-19-44)28-14-15-30(37-23-28)40-34-38-22-26-20-29(33(47)42(4)5)45(31(26)41-34)27-8-6-7-9-27/h10-15,20,22-23,27,33,47H,6-9,16-19,21H2,1-5H3,(H,39,48)(H,37,38,40,41). The lowest BCUT2D eigenvalue weighted by Gasteiger charge is -2.36. The second kappa shape index (κ2) is 14.4. The van der Waals surface area contributed by atoms with E-state index in [0.717, 1.165) is 40.8 Å². The number of nitrogens with one attached hydrogen (secondary N) is 2. The van der Waals surface area contributed by atoms with Gasteiger partial charge in [0.2, 0.25) is 5.95 Å². The van der Waals surface area contributed by atoms with Crippen LogP contribution in [-0.2, 0) is 11.3 Å². The average Bonchev–Trinajstić information content (AvgIpc) is 3.75. The van der Waals surface area contributed by atoms with Gasteiger partial charge in [-0.2, -0.15) is 4.98 Å². The van der Waals surface area contributed by atoms with Crippen LogP contribution in [0.15, 0.2) is 54.9 Å². The lowest BCUT2D eigenvalue weighted by Crippen LogP contribution is -2.48. The first-order chi connectivity index (χ1) is 23.4. The number of alkyl carbamates (subject to hydrolysis) is 1. The van der Waals surface area contributed by atoms with Crippen LogP contribution in [0.5, 0.6) is 0 Å². The van der Waals surface area contributed by atoms with Gasteiger partial charge in [-0.3, -0.25) is 9.69 Å². The number of hydrogen-bond acceptors (Lipinski definition) is 10. The Morgan fingerprint density at radius 3 is 2.35 bits per heavy atom. The Hall–Kier alpha value is -4.75. The third-order valence-electron chi connectivity index (χ3n) is 9.01. The number of pyridine rings is 1. The van der Waals surface area contributed by atoms with E-state index in [1.807, 2.05) is 76.3 Å². The van der Waals surface area contributed by atoms with Crippen LogP contribution in [0.1, 0.15) is 80.3 Å². The summed E-state index contributed by atoms with van der Waals surface area (Å²) in [5, 5.41) is 17.8. The number of benzene rings is 1. The predicted molar refractivity (Wildman–Crippen MR) is 189 cm³/mol. The zero-order valence-electron chi connectivity index (χ0n) is 29.0. The zero-order valence-corrected chi connectivity index (χ0v) is 29.0. The van der Waals surface area contributed by atoms with Gasteiger partial charge in [-0.25, -0.2) is 14.8 Å². The summed E-state index contributed by atoms with van der Waals surface area (Å²) in [6.45, 7) is 8.36. The van der Waals surface area contributed by atoms with Crippen LogP contribution in [0.3, 0.4) is 0 Å². The Balaban J connectivity index is 1.04. The molecule has 0 bridgehead atoms. The molecule has 13 nitrogen and oxygen atoms in total. The molecule has 4 aromatic rings. The van der Waals surface area contributed by atoms with Crippen molar-refractivity contribution in [1.82, 2.24) is 34.6 Å². The Kier molecular flexibility index (Phi) is 10.0. The number of anilines is 3. The van der Waals surface area contributed by atoms with Crippen molar-refractivity contribution in [2.75, 3.05) is 50.5 Å². The summed E-state index contributed by atoms with van der Waals surface area (Å²) < 4.78 is 7.48. The number of aliphatic hydroxyl groups excluding tert-OH is 1. The van der Waals surface area contributed by atoms with Crippen LogP contribution in [-0.4, -0.2) is 92.3 Å². The summed E-state index contributed by atoms with van der Waals surface area (Å²) in [5.74, 6) is 1.08. The fourth-order valence-electron chi connectivity index (χ4n) is 6.46. The number of hydrogen-bond donors (Lipinski definition) is 3. The molecule has 3 aromatic heterocycles. The molecule has 2 aliphatic rings. The number of rotatable bonds is 9. The topological polar surface area (TPSA) is 141 Å². The molecule has 0 radical (unpaired) electrons. The van der Waals surface area contributed by atoms with Gasteiger partial charge >= 0.3 is 6.09 Å². The van der Waals surface area contributed by atoms with E-state index < -0.39 is 17.9 Å². The quantitative estimate of drug-likeness (QED) is 0.203. The van der Waals surface area contributed by atoms with Crippen LogP contribution in [0.4, 0.5) is 22.2 Å². The van der Waals surface area contributed by atoms with Crippen LogP contribution < -0.4 is 15.5 Å². The summed E-state index contributed by atoms with van der Waals surface area (Å²) in [6.07, 6.45) is 6.91. The maximum atomic E-state index is 13.2. The third-order valence-corrected chi connectivity index (χ3v) is 9.01. The van der Waals surface area contributed by atoms with E-state index in [9.17, 15) is 14.7 Å². The Bertz CT molecular complexity index is 1750. The van der Waals surface area contributed by atoms with Gasteiger partial charge in [0, 0.05) is 55.9 Å². The normalized spacial score (nSPS) is 16.3. The molecule has 3 N–H and O–H groups in total. The molecule has 1 aliphatic heterocycles. The first-order valence-corrected chi connectivity index (χ1v) is 17.0. The fourth-order valence-corrected chi connectivity index (χ4v) is 6.46. The zero-order chi connectivity index (χ0) is 34.7. The average molecular weight is 670 g/mol. The Labute approximate surface area is 287 Å². The molecular formula is C36H47N9O4. The van der Waals surface area contributed by atoms with Gasteiger partial charge in [-0.15, -0.1) is 0 Å². The van der Waals surface area contributed by atoms with E-state index in [-0.39, 0.29) is 5.91 Å². The van der Waals surface area contributed by atoms with Gasteiger partial charge in [0.15, 0.2) is 0 Å². The number of aliphatic hydroxyl groups is 1. The lowest BCUT2D eigenvalue weighted by molar-refractivity contribution is 0.0319. The van der Waals surface area contributed by atoms with E-state index in [4.69, 9.17) is 9.72 Å². The molecule has 6 rings (SSSR count). The SMILES string of the molecule is CN(C)C(O)c1cc2cnc(Nc3ccc(N4CCN(C(=O)c5ccc(CNC(=O)OC(C)(C)C)cc5)CC4)cn3)nc2n1C1CCCC1. The molecule has 260 valence electrons. The van der Waals surface area contributed by atoms with Crippen molar-refractivity contribution in [1.29, 1.82) is 0 Å². The van der Waals surface area contributed by atoms with Crippen molar-refractivity contribution >= 4 is 40.5 Å². The minimum atomic E-state index is -0.729. The van der Waals surface area contributed by atoms with Crippen molar-refractivity contribution in [2.24, 2.45) is 0 Å². The highest BCUT2D eigenvalue weighted by Gasteiger charge is 2.27. The van der Waals surface area contributed by atoms with Crippen LogP contribution >= 0.6 is 0 Å². The highest BCUT2D eigenvalue weighted by molar-refractivity contribution is 5.94. The number of nitrogens with zero attached hydrogens (tertiary/aromatic N) is 7. The molecule has 1 atom stereocenters. The Morgan fingerprint density at radius 2 is 1.71 bits per heavy atom. The van der Waals surface area contributed by atoms with Gasteiger partial charge < -0.3 is 34.8 Å². The minimum Gasteiger partial charge on any atom is -0.444 e. The van der Waals surface area contributed by atoms with Crippen LogP contribution in [0.2, 0.25) is 0 Å².